The van der Waals surface area contributed by atoms with E-state index in [-0.39, 0.29) is 17.1 Å². The zero-order valence-corrected chi connectivity index (χ0v) is 15.7. The van der Waals surface area contributed by atoms with Gasteiger partial charge in [-0.2, -0.15) is 0 Å². The zero-order chi connectivity index (χ0) is 17.6. The van der Waals surface area contributed by atoms with Gasteiger partial charge >= 0.3 is 0 Å². The number of aromatic nitrogens is 1. The SMILES string of the molecule is CC(=O)SCCC(=O)N1CCn2c3c(c4cc(C)ccc42)CCCC31. The Morgan fingerprint density at radius 3 is 2.92 bits per heavy atom. The molecule has 2 aromatic rings. The van der Waals surface area contributed by atoms with Crippen LogP contribution < -0.4 is 0 Å². The maximum absolute atomic E-state index is 12.8. The Kier molecular flexibility index (Phi) is 4.36. The van der Waals surface area contributed by atoms with Crippen LogP contribution in [0.15, 0.2) is 18.2 Å². The summed E-state index contributed by atoms with van der Waals surface area (Å²) >= 11 is 1.25. The number of amides is 1. The van der Waals surface area contributed by atoms with Gasteiger partial charge in [-0.3, -0.25) is 9.59 Å². The van der Waals surface area contributed by atoms with Crippen LogP contribution in [0.5, 0.6) is 0 Å². The molecule has 0 N–H and O–H groups in total. The van der Waals surface area contributed by atoms with E-state index in [0.29, 0.717) is 12.2 Å². The first-order chi connectivity index (χ1) is 12.1. The molecule has 0 saturated carbocycles. The molecule has 4 nitrogen and oxygen atoms in total. The summed E-state index contributed by atoms with van der Waals surface area (Å²) in [7, 11) is 0. The molecule has 1 aromatic heterocycles. The molecule has 1 aliphatic heterocycles. The van der Waals surface area contributed by atoms with Crippen LogP contribution in [-0.4, -0.2) is 32.8 Å². The van der Waals surface area contributed by atoms with Gasteiger partial charge in [-0.05, 0) is 43.9 Å². The largest absolute Gasteiger partial charge is 0.341 e. The Labute approximate surface area is 152 Å². The topological polar surface area (TPSA) is 42.3 Å². The third kappa shape index (κ3) is 2.88. The minimum absolute atomic E-state index is 0.0851. The first-order valence-electron chi connectivity index (χ1n) is 9.10. The highest BCUT2D eigenvalue weighted by Gasteiger charge is 2.36. The lowest BCUT2D eigenvalue weighted by molar-refractivity contribution is -0.134. The van der Waals surface area contributed by atoms with E-state index in [1.807, 2.05) is 0 Å². The van der Waals surface area contributed by atoms with E-state index in [0.717, 1.165) is 32.4 Å². The number of rotatable bonds is 3. The molecule has 4 rings (SSSR count). The Hall–Kier alpha value is -1.75. The summed E-state index contributed by atoms with van der Waals surface area (Å²) in [6.45, 7) is 5.35. The summed E-state index contributed by atoms with van der Waals surface area (Å²) in [5, 5.41) is 1.46. The molecule has 0 bridgehead atoms. The van der Waals surface area contributed by atoms with Crippen molar-refractivity contribution in [2.75, 3.05) is 12.3 Å². The number of carbonyl (C=O) groups excluding carboxylic acids is 2. The normalized spacial score (nSPS) is 19.1. The Morgan fingerprint density at radius 2 is 2.12 bits per heavy atom. The first kappa shape index (κ1) is 16.7. The molecular weight excluding hydrogens is 332 g/mol. The number of benzene rings is 1. The predicted octanol–water partition coefficient (Wildman–Crippen LogP) is 3.84. The lowest BCUT2D eigenvalue weighted by Crippen LogP contribution is -2.43. The van der Waals surface area contributed by atoms with Crippen LogP contribution in [0.4, 0.5) is 0 Å². The average molecular weight is 356 g/mol. The van der Waals surface area contributed by atoms with Crippen LogP contribution >= 0.6 is 11.8 Å². The molecule has 0 saturated heterocycles. The number of hydrogen-bond acceptors (Lipinski definition) is 3. The minimum atomic E-state index is 0.0851. The summed E-state index contributed by atoms with van der Waals surface area (Å²) in [5.74, 6) is 0.783. The molecular formula is C20H24N2O2S. The van der Waals surface area contributed by atoms with Crippen molar-refractivity contribution in [1.82, 2.24) is 9.47 Å². The summed E-state index contributed by atoms with van der Waals surface area (Å²) in [4.78, 5) is 25.9. The average Bonchev–Trinajstić information content (AvgIpc) is 2.90. The molecule has 1 aliphatic carbocycles. The minimum Gasteiger partial charge on any atom is -0.341 e. The highest BCUT2D eigenvalue weighted by Crippen LogP contribution is 2.42. The number of fused-ring (bicyclic) bond motifs is 3. The number of hydrogen-bond donors (Lipinski definition) is 0. The molecule has 0 radical (unpaired) electrons. The van der Waals surface area contributed by atoms with Crippen molar-refractivity contribution in [2.45, 2.75) is 52.1 Å². The van der Waals surface area contributed by atoms with Gasteiger partial charge in [0.25, 0.3) is 0 Å². The second-order valence-electron chi connectivity index (χ2n) is 7.12. The van der Waals surface area contributed by atoms with Crippen LogP contribution in [-0.2, 0) is 22.6 Å². The van der Waals surface area contributed by atoms with Crippen molar-refractivity contribution < 1.29 is 9.59 Å². The summed E-state index contributed by atoms with van der Waals surface area (Å²) < 4.78 is 2.45. The molecule has 2 heterocycles. The second kappa shape index (κ2) is 6.52. The standard InChI is InChI=1S/C20H24N2O2S/c1-13-6-7-17-16(12-13)15-4-3-5-18-20(15)22(17)10-9-21(18)19(24)8-11-25-14(2)23/h6-7,12,18H,3-5,8-11H2,1-2H3. The van der Waals surface area contributed by atoms with Gasteiger partial charge in [-0.15, -0.1) is 0 Å². The fraction of sp³-hybridized carbons (Fsp3) is 0.500. The predicted molar refractivity (Wildman–Crippen MR) is 102 cm³/mol. The van der Waals surface area contributed by atoms with E-state index < -0.39 is 0 Å². The van der Waals surface area contributed by atoms with Gasteiger partial charge in [0, 0.05) is 48.8 Å². The lowest BCUT2D eigenvalue weighted by Gasteiger charge is -2.40. The number of aryl methyl sites for hydroxylation is 2. The third-order valence-electron chi connectivity index (χ3n) is 5.47. The third-order valence-corrected chi connectivity index (χ3v) is 6.29. The maximum atomic E-state index is 12.8. The van der Waals surface area contributed by atoms with E-state index >= 15 is 0 Å². The second-order valence-corrected chi connectivity index (χ2v) is 8.39. The van der Waals surface area contributed by atoms with E-state index in [9.17, 15) is 9.59 Å². The highest BCUT2D eigenvalue weighted by molar-refractivity contribution is 8.13. The van der Waals surface area contributed by atoms with Gasteiger partial charge in [0.15, 0.2) is 5.12 Å². The summed E-state index contributed by atoms with van der Waals surface area (Å²) in [6, 6.07) is 6.93. The molecule has 1 atom stereocenters. The first-order valence-corrected chi connectivity index (χ1v) is 10.1. The summed E-state index contributed by atoms with van der Waals surface area (Å²) in [6.07, 6.45) is 3.75. The van der Waals surface area contributed by atoms with Crippen molar-refractivity contribution in [1.29, 1.82) is 0 Å². The van der Waals surface area contributed by atoms with Crippen LogP contribution in [0.2, 0.25) is 0 Å². The molecule has 2 aliphatic rings. The molecule has 1 amide bonds. The van der Waals surface area contributed by atoms with Crippen molar-refractivity contribution in [3.8, 4) is 0 Å². The van der Waals surface area contributed by atoms with E-state index in [4.69, 9.17) is 0 Å². The smallest absolute Gasteiger partial charge is 0.224 e. The van der Waals surface area contributed by atoms with Crippen LogP contribution in [0.25, 0.3) is 10.9 Å². The molecule has 1 unspecified atom stereocenters. The van der Waals surface area contributed by atoms with E-state index in [1.165, 1.54) is 39.5 Å². The van der Waals surface area contributed by atoms with E-state index in [1.54, 1.807) is 6.92 Å². The maximum Gasteiger partial charge on any atom is 0.224 e. The van der Waals surface area contributed by atoms with Crippen molar-refractivity contribution in [3.63, 3.8) is 0 Å². The van der Waals surface area contributed by atoms with Gasteiger partial charge in [-0.1, -0.05) is 23.4 Å². The van der Waals surface area contributed by atoms with Gasteiger partial charge in [0.05, 0.1) is 6.04 Å². The lowest BCUT2D eigenvalue weighted by atomic mass is 9.89. The van der Waals surface area contributed by atoms with Crippen LogP contribution in [0.1, 0.15) is 49.0 Å². The van der Waals surface area contributed by atoms with Gasteiger partial charge in [0.2, 0.25) is 5.91 Å². The molecule has 5 heteroatoms. The van der Waals surface area contributed by atoms with Crippen molar-refractivity contribution >= 4 is 33.7 Å². The zero-order valence-electron chi connectivity index (χ0n) is 14.9. The molecule has 1 aromatic carbocycles. The van der Waals surface area contributed by atoms with Crippen LogP contribution in [0, 0.1) is 6.92 Å². The highest BCUT2D eigenvalue weighted by atomic mass is 32.2. The van der Waals surface area contributed by atoms with Gasteiger partial charge in [-0.25, -0.2) is 0 Å². The fourth-order valence-electron chi connectivity index (χ4n) is 4.44. The van der Waals surface area contributed by atoms with Crippen molar-refractivity contribution in [2.24, 2.45) is 0 Å². The van der Waals surface area contributed by atoms with Crippen LogP contribution in [0.3, 0.4) is 0 Å². The van der Waals surface area contributed by atoms with Gasteiger partial charge < -0.3 is 9.47 Å². The monoisotopic (exact) mass is 356 g/mol. The van der Waals surface area contributed by atoms with Crippen molar-refractivity contribution in [3.05, 3.63) is 35.0 Å². The molecule has 132 valence electrons. The number of thioether (sulfide) groups is 1. The Morgan fingerprint density at radius 1 is 1.28 bits per heavy atom. The molecule has 25 heavy (non-hydrogen) atoms. The number of carbonyl (C=O) groups is 2. The fourth-order valence-corrected chi connectivity index (χ4v) is 5.01. The molecule has 0 spiro atoms. The number of nitrogens with zero attached hydrogens (tertiary/aromatic N) is 2. The quantitative estimate of drug-likeness (QED) is 0.839. The summed E-state index contributed by atoms with van der Waals surface area (Å²) in [5.41, 5.74) is 5.43. The van der Waals surface area contributed by atoms with E-state index in [2.05, 4.69) is 34.6 Å². The Bertz CT molecular complexity index is 855. The molecule has 0 fully saturated rings. The Balaban J connectivity index is 1.66. The van der Waals surface area contributed by atoms with Gasteiger partial charge in [0.1, 0.15) is 0 Å².